The average Bonchev–Trinajstić information content (AvgIpc) is 2.56. The molecule has 0 saturated carbocycles. The predicted molar refractivity (Wildman–Crippen MR) is 87.0 cm³/mol. The fraction of sp³-hybridized carbons (Fsp3) is 0.889. The molecule has 3 heterocycles. The van der Waals surface area contributed by atoms with Crippen molar-refractivity contribution in [3.63, 3.8) is 0 Å². The standard InChI is InChI=1S/C18H31NO3/c1-2-8-19-9-4-17-18(14-19,7-3-10-22-17)15-21-13-16-5-11-20-12-6-16/h2,16-17H,1,3-15H2/t17-,18-/m1/s1. The Bertz CT molecular complexity index is 356. The number of fused-ring (bicyclic) bond motifs is 1. The predicted octanol–water partition coefficient (Wildman–Crippen LogP) is 2.49. The molecule has 0 spiro atoms. The van der Waals surface area contributed by atoms with Crippen LogP contribution in [0, 0.1) is 11.3 Å². The van der Waals surface area contributed by atoms with E-state index in [-0.39, 0.29) is 5.41 Å². The number of piperidine rings is 1. The van der Waals surface area contributed by atoms with Crippen LogP contribution in [0.25, 0.3) is 0 Å². The molecule has 0 aromatic carbocycles. The van der Waals surface area contributed by atoms with Crippen molar-refractivity contribution < 1.29 is 14.2 Å². The zero-order valence-corrected chi connectivity index (χ0v) is 13.8. The van der Waals surface area contributed by atoms with Gasteiger partial charge < -0.3 is 14.2 Å². The van der Waals surface area contributed by atoms with Crippen LogP contribution in [0.4, 0.5) is 0 Å². The van der Waals surface area contributed by atoms with Crippen molar-refractivity contribution in [3.8, 4) is 0 Å². The lowest BCUT2D eigenvalue weighted by molar-refractivity contribution is -0.154. The molecule has 0 aromatic heterocycles. The fourth-order valence-corrected chi connectivity index (χ4v) is 4.27. The fourth-order valence-electron chi connectivity index (χ4n) is 4.27. The van der Waals surface area contributed by atoms with Crippen molar-refractivity contribution in [2.45, 2.75) is 38.2 Å². The molecule has 0 radical (unpaired) electrons. The van der Waals surface area contributed by atoms with Crippen molar-refractivity contribution in [3.05, 3.63) is 12.7 Å². The largest absolute Gasteiger partial charge is 0.381 e. The van der Waals surface area contributed by atoms with Crippen molar-refractivity contribution in [1.82, 2.24) is 4.90 Å². The quantitative estimate of drug-likeness (QED) is 0.705. The Morgan fingerprint density at radius 2 is 2.09 bits per heavy atom. The van der Waals surface area contributed by atoms with E-state index in [2.05, 4.69) is 11.5 Å². The molecule has 126 valence electrons. The van der Waals surface area contributed by atoms with Crippen LogP contribution in [0.3, 0.4) is 0 Å². The molecule has 22 heavy (non-hydrogen) atoms. The molecule has 4 nitrogen and oxygen atoms in total. The van der Waals surface area contributed by atoms with Gasteiger partial charge in [-0.25, -0.2) is 0 Å². The first-order valence-electron chi connectivity index (χ1n) is 8.93. The highest BCUT2D eigenvalue weighted by Gasteiger charge is 2.45. The second kappa shape index (κ2) is 7.91. The second-order valence-electron chi connectivity index (χ2n) is 7.21. The average molecular weight is 309 g/mol. The maximum atomic E-state index is 6.21. The van der Waals surface area contributed by atoms with E-state index in [4.69, 9.17) is 14.2 Å². The highest BCUT2D eigenvalue weighted by atomic mass is 16.5. The summed E-state index contributed by atoms with van der Waals surface area (Å²) in [6, 6.07) is 0. The van der Waals surface area contributed by atoms with Gasteiger partial charge in [0, 0.05) is 51.5 Å². The molecule has 0 bridgehead atoms. The van der Waals surface area contributed by atoms with E-state index in [1.807, 2.05) is 6.08 Å². The van der Waals surface area contributed by atoms with Gasteiger partial charge in [0.1, 0.15) is 0 Å². The zero-order valence-electron chi connectivity index (χ0n) is 13.8. The summed E-state index contributed by atoms with van der Waals surface area (Å²) >= 11 is 0. The Hall–Kier alpha value is -0.420. The lowest BCUT2D eigenvalue weighted by atomic mass is 9.73. The van der Waals surface area contributed by atoms with Crippen LogP contribution in [-0.2, 0) is 14.2 Å². The van der Waals surface area contributed by atoms with Crippen LogP contribution in [0.1, 0.15) is 32.1 Å². The van der Waals surface area contributed by atoms with Gasteiger partial charge in [-0.3, -0.25) is 4.90 Å². The number of ether oxygens (including phenoxy) is 3. The third-order valence-corrected chi connectivity index (χ3v) is 5.54. The summed E-state index contributed by atoms with van der Waals surface area (Å²) in [5.74, 6) is 0.681. The summed E-state index contributed by atoms with van der Waals surface area (Å²) in [7, 11) is 0. The number of hydrogen-bond acceptors (Lipinski definition) is 4. The normalized spacial score (nSPS) is 34.3. The minimum atomic E-state index is 0.199. The zero-order chi connectivity index (χ0) is 15.3. The SMILES string of the molecule is C=CCN1CC[C@H]2OCCC[C@]2(COCC2CCOCC2)C1. The minimum absolute atomic E-state index is 0.199. The van der Waals surface area contributed by atoms with E-state index >= 15 is 0 Å². The summed E-state index contributed by atoms with van der Waals surface area (Å²) in [6.07, 6.45) is 8.23. The lowest BCUT2D eigenvalue weighted by Crippen LogP contribution is -2.57. The maximum Gasteiger partial charge on any atom is 0.0677 e. The van der Waals surface area contributed by atoms with Gasteiger partial charge in [-0.2, -0.15) is 0 Å². The van der Waals surface area contributed by atoms with Gasteiger partial charge in [-0.15, -0.1) is 6.58 Å². The van der Waals surface area contributed by atoms with Crippen LogP contribution in [0.2, 0.25) is 0 Å². The number of rotatable bonds is 6. The second-order valence-corrected chi connectivity index (χ2v) is 7.21. The number of likely N-dealkylation sites (tertiary alicyclic amines) is 1. The van der Waals surface area contributed by atoms with Crippen LogP contribution >= 0.6 is 0 Å². The van der Waals surface area contributed by atoms with E-state index in [0.717, 1.165) is 71.9 Å². The van der Waals surface area contributed by atoms with Gasteiger partial charge in [0.2, 0.25) is 0 Å². The van der Waals surface area contributed by atoms with E-state index < -0.39 is 0 Å². The highest BCUT2D eigenvalue weighted by molar-refractivity contribution is 4.97. The van der Waals surface area contributed by atoms with Gasteiger partial charge in [-0.05, 0) is 38.0 Å². The van der Waals surface area contributed by atoms with Crippen molar-refractivity contribution in [1.29, 1.82) is 0 Å². The molecule has 3 aliphatic heterocycles. The molecular formula is C18H31NO3. The summed E-state index contributed by atoms with van der Waals surface area (Å²) in [6.45, 7) is 11.6. The summed E-state index contributed by atoms with van der Waals surface area (Å²) < 4.78 is 17.7. The van der Waals surface area contributed by atoms with Gasteiger partial charge in [-0.1, -0.05) is 6.08 Å². The maximum absolute atomic E-state index is 6.21. The summed E-state index contributed by atoms with van der Waals surface area (Å²) in [4.78, 5) is 2.51. The molecular weight excluding hydrogens is 278 g/mol. The molecule has 3 rings (SSSR count). The Kier molecular flexibility index (Phi) is 5.91. The van der Waals surface area contributed by atoms with Gasteiger partial charge in [0.05, 0.1) is 12.7 Å². The first kappa shape index (κ1) is 16.4. The van der Waals surface area contributed by atoms with Gasteiger partial charge in [0.15, 0.2) is 0 Å². The van der Waals surface area contributed by atoms with Crippen LogP contribution in [0.15, 0.2) is 12.7 Å². The monoisotopic (exact) mass is 309 g/mol. The molecule has 3 saturated heterocycles. The Labute approximate surface area is 134 Å². The molecule has 0 aliphatic carbocycles. The van der Waals surface area contributed by atoms with Gasteiger partial charge in [0.25, 0.3) is 0 Å². The Balaban J connectivity index is 1.54. The number of nitrogens with zero attached hydrogens (tertiary/aromatic N) is 1. The molecule has 2 atom stereocenters. The van der Waals surface area contributed by atoms with Crippen LogP contribution in [0.5, 0.6) is 0 Å². The van der Waals surface area contributed by atoms with E-state index in [0.29, 0.717) is 12.0 Å². The molecule has 3 fully saturated rings. The smallest absolute Gasteiger partial charge is 0.0677 e. The summed E-state index contributed by atoms with van der Waals surface area (Å²) in [5.41, 5.74) is 0.199. The van der Waals surface area contributed by atoms with Crippen LogP contribution < -0.4 is 0 Å². The highest BCUT2D eigenvalue weighted by Crippen LogP contribution is 2.40. The van der Waals surface area contributed by atoms with E-state index in [1.165, 1.54) is 12.8 Å². The van der Waals surface area contributed by atoms with Crippen molar-refractivity contribution in [2.24, 2.45) is 11.3 Å². The minimum Gasteiger partial charge on any atom is -0.381 e. The molecule has 0 unspecified atom stereocenters. The molecule has 0 N–H and O–H groups in total. The topological polar surface area (TPSA) is 30.9 Å². The van der Waals surface area contributed by atoms with E-state index in [1.54, 1.807) is 0 Å². The Morgan fingerprint density at radius 1 is 1.23 bits per heavy atom. The third-order valence-electron chi connectivity index (χ3n) is 5.54. The molecule has 4 heteroatoms. The summed E-state index contributed by atoms with van der Waals surface area (Å²) in [5, 5.41) is 0. The Morgan fingerprint density at radius 3 is 2.91 bits per heavy atom. The lowest BCUT2D eigenvalue weighted by Gasteiger charge is -2.50. The van der Waals surface area contributed by atoms with Crippen LogP contribution in [-0.4, -0.2) is 63.7 Å². The molecule has 0 aromatic rings. The first-order valence-corrected chi connectivity index (χ1v) is 8.93. The van der Waals surface area contributed by atoms with E-state index in [9.17, 15) is 0 Å². The first-order chi connectivity index (χ1) is 10.8. The third kappa shape index (κ3) is 3.91. The van der Waals surface area contributed by atoms with Crippen molar-refractivity contribution in [2.75, 3.05) is 52.7 Å². The van der Waals surface area contributed by atoms with Crippen molar-refractivity contribution >= 4 is 0 Å². The number of hydrogen-bond donors (Lipinski definition) is 0. The molecule has 3 aliphatic rings. The molecule has 0 amide bonds. The van der Waals surface area contributed by atoms with Gasteiger partial charge >= 0.3 is 0 Å².